The van der Waals surface area contributed by atoms with Gasteiger partial charge in [-0.15, -0.1) is 0 Å². The minimum absolute atomic E-state index is 0.301. The molecule has 0 bridgehead atoms. The van der Waals surface area contributed by atoms with E-state index in [0.29, 0.717) is 17.5 Å². The fourth-order valence-electron chi connectivity index (χ4n) is 0.801. The molecule has 62 valence electrons. The summed E-state index contributed by atoms with van der Waals surface area (Å²) in [7, 11) is 1.76. The van der Waals surface area contributed by atoms with Crippen LogP contribution < -0.4 is 5.32 Å². The van der Waals surface area contributed by atoms with E-state index in [9.17, 15) is 5.11 Å². The van der Waals surface area contributed by atoms with Gasteiger partial charge in [-0.1, -0.05) is 0 Å². The molecule has 1 rings (SSSR count). The highest BCUT2D eigenvalue weighted by atomic mass is 35.5. The first-order valence-electron chi connectivity index (χ1n) is 3.32. The first-order chi connectivity index (χ1) is 5.24. The summed E-state index contributed by atoms with van der Waals surface area (Å²) in [6.45, 7) is 0.462. The first kappa shape index (κ1) is 8.59. The number of hydrogen-bond donors (Lipinski definition) is 2. The number of halogens is 1. The lowest BCUT2D eigenvalue weighted by Crippen LogP contribution is -2.15. The Kier molecular flexibility index (Phi) is 2.93. The Bertz CT molecular complexity index is 224. The van der Waals surface area contributed by atoms with Crippen molar-refractivity contribution >= 4 is 11.6 Å². The maximum atomic E-state index is 9.32. The molecule has 0 saturated heterocycles. The van der Waals surface area contributed by atoms with Gasteiger partial charge < -0.3 is 14.8 Å². The number of likely N-dealkylation sites (N-methyl/N-ethyl adjacent to an activating group) is 1. The van der Waals surface area contributed by atoms with E-state index < -0.39 is 6.10 Å². The molecule has 0 aromatic carbocycles. The van der Waals surface area contributed by atoms with Crippen LogP contribution in [0.25, 0.3) is 0 Å². The summed E-state index contributed by atoms with van der Waals surface area (Å²) in [5.74, 6) is 0.490. The van der Waals surface area contributed by atoms with Crippen molar-refractivity contribution in [1.82, 2.24) is 5.32 Å². The van der Waals surface area contributed by atoms with Crippen molar-refractivity contribution in [2.75, 3.05) is 13.6 Å². The zero-order valence-corrected chi connectivity index (χ0v) is 6.93. The van der Waals surface area contributed by atoms with Gasteiger partial charge in [-0.2, -0.15) is 0 Å². The quantitative estimate of drug-likeness (QED) is 0.726. The minimum atomic E-state index is -0.618. The third-order valence-corrected chi connectivity index (χ3v) is 1.52. The smallest absolute Gasteiger partial charge is 0.193 e. The van der Waals surface area contributed by atoms with Crippen molar-refractivity contribution in [3.8, 4) is 0 Å². The first-order valence-corrected chi connectivity index (χ1v) is 3.69. The normalized spacial score (nSPS) is 13.4. The highest BCUT2D eigenvalue weighted by molar-refractivity contribution is 6.28. The van der Waals surface area contributed by atoms with Gasteiger partial charge >= 0.3 is 0 Å². The van der Waals surface area contributed by atoms with Crippen LogP contribution in [0.15, 0.2) is 16.5 Å². The predicted molar refractivity (Wildman–Crippen MR) is 42.6 cm³/mol. The lowest BCUT2D eigenvalue weighted by atomic mass is 10.3. The number of rotatable bonds is 3. The van der Waals surface area contributed by atoms with Gasteiger partial charge in [0, 0.05) is 6.54 Å². The van der Waals surface area contributed by atoms with Crippen LogP contribution in [-0.4, -0.2) is 18.7 Å². The number of aliphatic hydroxyl groups excluding tert-OH is 1. The van der Waals surface area contributed by atoms with Gasteiger partial charge in [-0.25, -0.2) is 0 Å². The van der Waals surface area contributed by atoms with Gasteiger partial charge in [0.1, 0.15) is 11.9 Å². The van der Waals surface area contributed by atoms with E-state index in [0.717, 1.165) is 0 Å². The molecule has 0 saturated carbocycles. The molecule has 3 nitrogen and oxygen atoms in total. The van der Waals surface area contributed by atoms with Crippen LogP contribution in [0.2, 0.25) is 5.22 Å². The van der Waals surface area contributed by atoms with E-state index in [2.05, 4.69) is 5.32 Å². The number of furan rings is 1. The Morgan fingerprint density at radius 2 is 2.45 bits per heavy atom. The van der Waals surface area contributed by atoms with Crippen LogP contribution in [0.3, 0.4) is 0 Å². The molecule has 1 aromatic heterocycles. The van der Waals surface area contributed by atoms with Crippen LogP contribution in [0.5, 0.6) is 0 Å². The molecular weight excluding hydrogens is 166 g/mol. The molecule has 1 aromatic rings. The van der Waals surface area contributed by atoms with Gasteiger partial charge in [-0.3, -0.25) is 0 Å². The lowest BCUT2D eigenvalue weighted by Gasteiger charge is -2.04. The molecule has 1 atom stereocenters. The molecule has 0 spiro atoms. The Morgan fingerprint density at radius 1 is 1.73 bits per heavy atom. The Labute approximate surface area is 70.0 Å². The summed E-state index contributed by atoms with van der Waals surface area (Å²) in [6, 6.07) is 3.26. The average Bonchev–Trinajstić information content (AvgIpc) is 2.36. The third-order valence-electron chi connectivity index (χ3n) is 1.32. The van der Waals surface area contributed by atoms with Crippen LogP contribution >= 0.6 is 11.6 Å². The molecule has 0 radical (unpaired) electrons. The highest BCUT2D eigenvalue weighted by Gasteiger charge is 2.09. The van der Waals surface area contributed by atoms with Gasteiger partial charge in [0.2, 0.25) is 0 Å². The molecule has 11 heavy (non-hydrogen) atoms. The molecule has 1 heterocycles. The summed E-state index contributed by atoms with van der Waals surface area (Å²) in [5, 5.41) is 12.4. The molecule has 0 amide bonds. The molecule has 0 aliphatic carbocycles. The lowest BCUT2D eigenvalue weighted by molar-refractivity contribution is 0.150. The van der Waals surface area contributed by atoms with Crippen LogP contribution in [0.4, 0.5) is 0 Å². The molecule has 1 unspecified atom stereocenters. The van der Waals surface area contributed by atoms with Gasteiger partial charge in [0.25, 0.3) is 0 Å². The second-order valence-corrected chi connectivity index (χ2v) is 2.59. The van der Waals surface area contributed by atoms with Crippen molar-refractivity contribution in [1.29, 1.82) is 0 Å². The number of nitrogens with one attached hydrogen (secondary N) is 1. The van der Waals surface area contributed by atoms with E-state index >= 15 is 0 Å². The summed E-state index contributed by atoms with van der Waals surface area (Å²) < 4.78 is 4.97. The highest BCUT2D eigenvalue weighted by Crippen LogP contribution is 2.18. The third kappa shape index (κ3) is 2.22. The molecule has 2 N–H and O–H groups in total. The van der Waals surface area contributed by atoms with Crippen LogP contribution in [0.1, 0.15) is 11.9 Å². The average molecular weight is 176 g/mol. The number of aliphatic hydroxyl groups is 1. The van der Waals surface area contributed by atoms with E-state index in [1.54, 1.807) is 19.2 Å². The Hall–Kier alpha value is -0.510. The standard InChI is InChI=1S/C7H10ClNO2/c1-9-4-5(10)6-2-3-7(8)11-6/h2-3,5,9-10H,4H2,1H3. The van der Waals surface area contributed by atoms with Crippen molar-refractivity contribution in [2.24, 2.45) is 0 Å². The Morgan fingerprint density at radius 3 is 2.91 bits per heavy atom. The second-order valence-electron chi connectivity index (χ2n) is 2.22. The molecule has 0 aliphatic heterocycles. The van der Waals surface area contributed by atoms with Crippen LogP contribution in [0, 0.1) is 0 Å². The largest absolute Gasteiger partial charge is 0.447 e. The SMILES string of the molecule is CNCC(O)c1ccc(Cl)o1. The van der Waals surface area contributed by atoms with Gasteiger partial charge in [0.05, 0.1) is 0 Å². The van der Waals surface area contributed by atoms with Gasteiger partial charge in [-0.05, 0) is 30.8 Å². The molecule has 0 fully saturated rings. The number of hydrogen-bond acceptors (Lipinski definition) is 3. The van der Waals surface area contributed by atoms with E-state index in [-0.39, 0.29) is 0 Å². The zero-order chi connectivity index (χ0) is 8.27. The maximum absolute atomic E-state index is 9.32. The predicted octanol–water partition coefficient (Wildman–Crippen LogP) is 1.19. The fraction of sp³-hybridized carbons (Fsp3) is 0.429. The van der Waals surface area contributed by atoms with Gasteiger partial charge in [0.15, 0.2) is 5.22 Å². The molecule has 4 heteroatoms. The fourth-order valence-corrected chi connectivity index (χ4v) is 0.953. The monoisotopic (exact) mass is 175 g/mol. The van der Waals surface area contributed by atoms with E-state index in [4.69, 9.17) is 16.0 Å². The maximum Gasteiger partial charge on any atom is 0.193 e. The minimum Gasteiger partial charge on any atom is -0.447 e. The molecular formula is C7H10ClNO2. The van der Waals surface area contributed by atoms with Crippen LogP contribution in [-0.2, 0) is 0 Å². The zero-order valence-electron chi connectivity index (χ0n) is 6.17. The van der Waals surface area contributed by atoms with E-state index in [1.807, 2.05) is 0 Å². The Balaban J connectivity index is 2.60. The van der Waals surface area contributed by atoms with Crippen molar-refractivity contribution in [3.63, 3.8) is 0 Å². The topological polar surface area (TPSA) is 45.4 Å². The summed E-state index contributed by atoms with van der Waals surface area (Å²) >= 11 is 5.51. The van der Waals surface area contributed by atoms with Crippen molar-refractivity contribution < 1.29 is 9.52 Å². The van der Waals surface area contributed by atoms with E-state index in [1.165, 1.54) is 0 Å². The van der Waals surface area contributed by atoms with Crippen molar-refractivity contribution in [3.05, 3.63) is 23.1 Å². The van der Waals surface area contributed by atoms with Crippen molar-refractivity contribution in [2.45, 2.75) is 6.10 Å². The summed E-state index contributed by atoms with van der Waals surface area (Å²) in [5.41, 5.74) is 0. The summed E-state index contributed by atoms with van der Waals surface area (Å²) in [4.78, 5) is 0. The molecule has 0 aliphatic rings. The second kappa shape index (κ2) is 3.76. The summed E-state index contributed by atoms with van der Waals surface area (Å²) in [6.07, 6.45) is -0.618.